The van der Waals surface area contributed by atoms with Crippen molar-refractivity contribution < 1.29 is 0 Å². The van der Waals surface area contributed by atoms with E-state index in [-0.39, 0.29) is 5.15 Å². The van der Waals surface area contributed by atoms with Crippen LogP contribution in [0.4, 0.5) is 0 Å². The van der Waals surface area contributed by atoms with Crippen LogP contribution in [0, 0.1) is 18.3 Å². The lowest BCUT2D eigenvalue weighted by molar-refractivity contribution is 1.29. The first kappa shape index (κ1) is 12.1. The minimum atomic E-state index is 0.240. The van der Waals surface area contributed by atoms with Gasteiger partial charge >= 0.3 is 0 Å². The fourth-order valence-electron chi connectivity index (χ4n) is 1.65. The maximum absolute atomic E-state index is 9.13. The lowest BCUT2D eigenvalue weighted by atomic mass is 9.98. The highest BCUT2D eigenvalue weighted by atomic mass is 79.9. The number of benzene rings is 1. The molecular weight excluding hydrogens is 300 g/mol. The van der Waals surface area contributed by atoms with Gasteiger partial charge in [0, 0.05) is 16.2 Å². The number of halogens is 2. The molecule has 1 heterocycles. The van der Waals surface area contributed by atoms with Gasteiger partial charge in [-0.3, -0.25) is 0 Å². The Bertz CT molecular complexity index is 617. The van der Waals surface area contributed by atoms with Gasteiger partial charge in [-0.1, -0.05) is 33.6 Å². The van der Waals surface area contributed by atoms with Crippen LogP contribution in [0.25, 0.3) is 11.1 Å². The SMILES string of the molecule is Cc1ccc(Br)cc1-c1ccnc(Cl)c1C#N. The van der Waals surface area contributed by atoms with Crippen LogP contribution in [-0.2, 0) is 0 Å². The van der Waals surface area contributed by atoms with Crippen molar-refractivity contribution in [3.8, 4) is 17.2 Å². The van der Waals surface area contributed by atoms with Gasteiger partial charge in [0.05, 0.1) is 5.56 Å². The van der Waals surface area contributed by atoms with Gasteiger partial charge in [0.25, 0.3) is 0 Å². The minimum Gasteiger partial charge on any atom is -0.243 e. The zero-order valence-corrected chi connectivity index (χ0v) is 11.4. The first-order chi connectivity index (χ1) is 8.13. The van der Waals surface area contributed by atoms with Gasteiger partial charge in [-0.25, -0.2) is 4.98 Å². The molecule has 0 aliphatic carbocycles. The van der Waals surface area contributed by atoms with Gasteiger partial charge < -0.3 is 0 Å². The fourth-order valence-corrected chi connectivity index (χ4v) is 2.21. The number of nitrogens with zero attached hydrogens (tertiary/aromatic N) is 2. The van der Waals surface area contributed by atoms with Crippen molar-refractivity contribution in [2.75, 3.05) is 0 Å². The molecule has 0 bridgehead atoms. The van der Waals surface area contributed by atoms with E-state index in [1.54, 1.807) is 12.3 Å². The van der Waals surface area contributed by atoms with E-state index in [2.05, 4.69) is 27.0 Å². The molecule has 0 aliphatic rings. The normalized spacial score (nSPS) is 10.0. The molecule has 0 atom stereocenters. The number of rotatable bonds is 1. The van der Waals surface area contributed by atoms with E-state index in [4.69, 9.17) is 16.9 Å². The summed E-state index contributed by atoms with van der Waals surface area (Å²) in [5, 5.41) is 9.37. The Morgan fingerprint density at radius 3 is 2.76 bits per heavy atom. The summed E-state index contributed by atoms with van der Waals surface area (Å²) in [5.41, 5.74) is 3.30. The van der Waals surface area contributed by atoms with E-state index in [0.29, 0.717) is 5.56 Å². The van der Waals surface area contributed by atoms with Gasteiger partial charge in [0.2, 0.25) is 0 Å². The number of hydrogen-bond acceptors (Lipinski definition) is 2. The third kappa shape index (κ3) is 2.33. The molecule has 0 saturated carbocycles. The van der Waals surface area contributed by atoms with Crippen LogP contribution in [0.2, 0.25) is 5.15 Å². The Morgan fingerprint density at radius 2 is 2.06 bits per heavy atom. The molecule has 1 aromatic carbocycles. The summed E-state index contributed by atoms with van der Waals surface area (Å²) in [6.45, 7) is 2.00. The summed E-state index contributed by atoms with van der Waals surface area (Å²) in [6.07, 6.45) is 1.61. The molecule has 0 N–H and O–H groups in total. The predicted molar refractivity (Wildman–Crippen MR) is 71.8 cm³/mol. The topological polar surface area (TPSA) is 36.7 Å². The number of aromatic nitrogens is 1. The molecular formula is C13H8BrClN2. The van der Waals surface area contributed by atoms with Crippen molar-refractivity contribution in [3.05, 3.63) is 51.2 Å². The van der Waals surface area contributed by atoms with Gasteiger partial charge in [0.1, 0.15) is 11.2 Å². The lowest BCUT2D eigenvalue weighted by Gasteiger charge is -2.09. The minimum absolute atomic E-state index is 0.240. The molecule has 0 aliphatic heterocycles. The van der Waals surface area contributed by atoms with E-state index >= 15 is 0 Å². The summed E-state index contributed by atoms with van der Waals surface area (Å²) in [6, 6.07) is 9.84. The highest BCUT2D eigenvalue weighted by Gasteiger charge is 2.11. The number of pyridine rings is 1. The van der Waals surface area contributed by atoms with Crippen molar-refractivity contribution in [2.45, 2.75) is 6.92 Å². The van der Waals surface area contributed by atoms with Crippen LogP contribution < -0.4 is 0 Å². The van der Waals surface area contributed by atoms with Crippen LogP contribution >= 0.6 is 27.5 Å². The summed E-state index contributed by atoms with van der Waals surface area (Å²) in [7, 11) is 0. The Morgan fingerprint density at radius 1 is 1.29 bits per heavy atom. The van der Waals surface area contributed by atoms with Gasteiger partial charge in [-0.05, 0) is 36.2 Å². The molecule has 2 nitrogen and oxygen atoms in total. The largest absolute Gasteiger partial charge is 0.243 e. The molecule has 0 radical (unpaired) electrons. The Labute approximate surface area is 113 Å². The van der Waals surface area contributed by atoms with E-state index < -0.39 is 0 Å². The lowest BCUT2D eigenvalue weighted by Crippen LogP contribution is -1.91. The second-order valence-corrected chi connectivity index (χ2v) is 4.87. The maximum atomic E-state index is 9.13. The van der Waals surface area contributed by atoms with Crippen molar-refractivity contribution >= 4 is 27.5 Å². The van der Waals surface area contributed by atoms with Gasteiger partial charge in [0.15, 0.2) is 0 Å². The van der Waals surface area contributed by atoms with E-state index in [0.717, 1.165) is 21.2 Å². The molecule has 0 fully saturated rings. The molecule has 4 heteroatoms. The summed E-state index contributed by atoms with van der Waals surface area (Å²) >= 11 is 9.35. The van der Waals surface area contributed by atoms with Crippen molar-refractivity contribution in [3.63, 3.8) is 0 Å². The molecule has 84 valence electrons. The number of hydrogen-bond donors (Lipinski definition) is 0. The van der Waals surface area contributed by atoms with Gasteiger partial charge in [-0.2, -0.15) is 5.26 Å². The molecule has 0 saturated heterocycles. The third-order valence-electron chi connectivity index (χ3n) is 2.51. The molecule has 2 rings (SSSR count). The number of aryl methyl sites for hydroxylation is 1. The predicted octanol–water partition coefficient (Wildman–Crippen LogP) is 4.34. The summed E-state index contributed by atoms with van der Waals surface area (Å²) in [5.74, 6) is 0. The van der Waals surface area contributed by atoms with Crippen LogP contribution in [0.5, 0.6) is 0 Å². The fraction of sp³-hybridized carbons (Fsp3) is 0.0769. The molecule has 0 spiro atoms. The number of nitriles is 1. The summed E-state index contributed by atoms with van der Waals surface area (Å²) < 4.78 is 0.968. The summed E-state index contributed by atoms with van der Waals surface area (Å²) in [4.78, 5) is 3.92. The zero-order chi connectivity index (χ0) is 12.4. The third-order valence-corrected chi connectivity index (χ3v) is 3.29. The van der Waals surface area contributed by atoms with Crippen molar-refractivity contribution in [1.82, 2.24) is 4.98 Å². The molecule has 17 heavy (non-hydrogen) atoms. The van der Waals surface area contributed by atoms with Crippen molar-refractivity contribution in [1.29, 1.82) is 5.26 Å². The highest BCUT2D eigenvalue weighted by Crippen LogP contribution is 2.31. The highest BCUT2D eigenvalue weighted by molar-refractivity contribution is 9.10. The van der Waals surface area contributed by atoms with Crippen LogP contribution in [-0.4, -0.2) is 4.98 Å². The van der Waals surface area contributed by atoms with Gasteiger partial charge in [-0.15, -0.1) is 0 Å². The first-order valence-electron chi connectivity index (χ1n) is 4.94. The molecule has 2 aromatic rings. The van der Waals surface area contributed by atoms with E-state index in [9.17, 15) is 0 Å². The average Bonchev–Trinajstić information content (AvgIpc) is 2.32. The Kier molecular flexibility index (Phi) is 3.46. The smallest absolute Gasteiger partial charge is 0.147 e. The van der Waals surface area contributed by atoms with E-state index in [1.807, 2.05) is 25.1 Å². The zero-order valence-electron chi connectivity index (χ0n) is 9.04. The first-order valence-corrected chi connectivity index (χ1v) is 6.11. The van der Waals surface area contributed by atoms with Crippen LogP contribution in [0.3, 0.4) is 0 Å². The second kappa shape index (κ2) is 4.87. The Balaban J connectivity index is 2.73. The Hall–Kier alpha value is -1.37. The monoisotopic (exact) mass is 306 g/mol. The van der Waals surface area contributed by atoms with Crippen LogP contribution in [0.15, 0.2) is 34.9 Å². The standard InChI is InChI=1S/C13H8BrClN2/c1-8-2-3-9(14)6-11(8)10-4-5-17-13(15)12(10)7-16/h2-6H,1H3. The molecule has 0 unspecified atom stereocenters. The quantitative estimate of drug-likeness (QED) is 0.735. The van der Waals surface area contributed by atoms with E-state index in [1.165, 1.54) is 0 Å². The molecule has 0 amide bonds. The molecule has 1 aromatic heterocycles. The second-order valence-electron chi connectivity index (χ2n) is 3.60. The average molecular weight is 308 g/mol. The van der Waals surface area contributed by atoms with Crippen molar-refractivity contribution in [2.24, 2.45) is 0 Å². The van der Waals surface area contributed by atoms with Crippen LogP contribution in [0.1, 0.15) is 11.1 Å². The maximum Gasteiger partial charge on any atom is 0.147 e.